The first-order chi connectivity index (χ1) is 24.1. The standard InChI is InChI=1S/C18H36O2.C16H32O2.C6H14O6/c1-2-3-4-5-6-7-8-9-10-11-12-13-14-15-16-17-18(19)20;1-2-3-4-5-6-7-8-9-10-11-12-13-14-15-16(17)18;7-1-3(9)5(11)6(12)4(10)2-8/h2-17H2,1H3,(H,19,20);2-15H2,1H3,(H,17,18);3-12H,1-2H2. The van der Waals surface area contributed by atoms with E-state index in [1.807, 2.05) is 0 Å². The van der Waals surface area contributed by atoms with Crippen LogP contribution in [0.1, 0.15) is 206 Å². The Labute approximate surface area is 306 Å². The molecule has 50 heavy (non-hydrogen) atoms. The predicted octanol–water partition coefficient (Wildman–Crippen LogP) is 8.30. The van der Waals surface area contributed by atoms with Crippen LogP contribution in [0.5, 0.6) is 0 Å². The summed E-state index contributed by atoms with van der Waals surface area (Å²) in [5.41, 5.74) is 0. The normalized spacial score (nSPS) is 13.4. The third-order valence-electron chi connectivity index (χ3n) is 9.00. The van der Waals surface area contributed by atoms with Crippen molar-refractivity contribution >= 4 is 11.9 Å². The van der Waals surface area contributed by atoms with E-state index in [-0.39, 0.29) is 0 Å². The summed E-state index contributed by atoms with van der Waals surface area (Å²) in [7, 11) is 0. The molecular weight excluding hydrogens is 640 g/mol. The van der Waals surface area contributed by atoms with Crippen molar-refractivity contribution in [3.63, 3.8) is 0 Å². The molecule has 10 heteroatoms. The van der Waals surface area contributed by atoms with Crippen molar-refractivity contribution in [1.82, 2.24) is 0 Å². The number of carboxylic acid groups (broad SMARTS) is 2. The van der Waals surface area contributed by atoms with Crippen LogP contribution in [0.25, 0.3) is 0 Å². The number of carbonyl (C=O) groups is 2. The van der Waals surface area contributed by atoms with Gasteiger partial charge in [0.15, 0.2) is 0 Å². The van der Waals surface area contributed by atoms with Gasteiger partial charge >= 0.3 is 11.9 Å². The average Bonchev–Trinajstić information content (AvgIpc) is 3.10. The van der Waals surface area contributed by atoms with Gasteiger partial charge in [-0.25, -0.2) is 0 Å². The molecule has 4 atom stereocenters. The zero-order chi connectivity index (χ0) is 38.1. The molecule has 10 nitrogen and oxygen atoms in total. The van der Waals surface area contributed by atoms with E-state index in [1.165, 1.54) is 154 Å². The molecule has 0 aliphatic rings. The van der Waals surface area contributed by atoms with E-state index in [0.717, 1.165) is 25.7 Å². The van der Waals surface area contributed by atoms with Gasteiger partial charge < -0.3 is 40.9 Å². The Kier molecular flexibility index (Phi) is 46.5. The zero-order valence-electron chi connectivity index (χ0n) is 32.3. The summed E-state index contributed by atoms with van der Waals surface area (Å²) in [6.07, 6.45) is 31.1. The van der Waals surface area contributed by atoms with E-state index in [2.05, 4.69) is 13.8 Å². The molecule has 0 spiro atoms. The number of hydrogen-bond acceptors (Lipinski definition) is 8. The molecule has 0 aliphatic carbocycles. The van der Waals surface area contributed by atoms with Crippen LogP contribution < -0.4 is 0 Å². The van der Waals surface area contributed by atoms with E-state index in [1.54, 1.807) is 0 Å². The minimum atomic E-state index is -1.67. The minimum Gasteiger partial charge on any atom is -0.481 e. The molecule has 0 amide bonds. The number of hydrogen-bond donors (Lipinski definition) is 8. The van der Waals surface area contributed by atoms with Gasteiger partial charge in [-0.2, -0.15) is 0 Å². The Balaban J connectivity index is -0.000000683. The second kappa shape index (κ2) is 43.9. The Hall–Kier alpha value is -1.30. The van der Waals surface area contributed by atoms with Crippen LogP contribution in [0, 0.1) is 0 Å². The molecule has 0 aromatic carbocycles. The molecule has 0 rings (SSSR count). The summed E-state index contributed by atoms with van der Waals surface area (Å²) in [5.74, 6) is -1.31. The molecule has 0 aliphatic heterocycles. The van der Waals surface area contributed by atoms with Gasteiger partial charge in [-0.3, -0.25) is 9.59 Å². The highest BCUT2D eigenvalue weighted by molar-refractivity contribution is 5.66. The van der Waals surface area contributed by atoms with E-state index in [9.17, 15) is 9.59 Å². The molecule has 302 valence electrons. The number of aliphatic hydroxyl groups excluding tert-OH is 6. The molecule has 0 saturated carbocycles. The molecule has 0 fully saturated rings. The van der Waals surface area contributed by atoms with Crippen molar-refractivity contribution in [3.05, 3.63) is 0 Å². The summed E-state index contributed by atoms with van der Waals surface area (Å²) >= 11 is 0. The summed E-state index contributed by atoms with van der Waals surface area (Å²) < 4.78 is 0. The van der Waals surface area contributed by atoms with E-state index < -0.39 is 49.6 Å². The molecule has 0 radical (unpaired) electrons. The van der Waals surface area contributed by atoms with Gasteiger partial charge in [0.1, 0.15) is 24.4 Å². The van der Waals surface area contributed by atoms with Crippen molar-refractivity contribution in [1.29, 1.82) is 0 Å². The third-order valence-corrected chi connectivity index (χ3v) is 9.00. The fourth-order valence-corrected chi connectivity index (χ4v) is 5.61. The van der Waals surface area contributed by atoms with Crippen molar-refractivity contribution in [3.8, 4) is 0 Å². The number of unbranched alkanes of at least 4 members (excludes halogenated alkanes) is 26. The first-order valence-corrected chi connectivity index (χ1v) is 20.5. The van der Waals surface area contributed by atoms with Crippen molar-refractivity contribution < 1.29 is 50.4 Å². The Morgan fingerprint density at radius 1 is 0.360 bits per heavy atom. The topological polar surface area (TPSA) is 196 Å². The second-order valence-electron chi connectivity index (χ2n) is 14.0. The van der Waals surface area contributed by atoms with Crippen LogP contribution in [-0.4, -0.2) is 90.4 Å². The lowest BCUT2D eigenvalue weighted by Crippen LogP contribution is -2.46. The van der Waals surface area contributed by atoms with E-state index in [0.29, 0.717) is 12.8 Å². The monoisotopic (exact) mass is 723 g/mol. The summed E-state index contributed by atoms with van der Waals surface area (Å²) in [6.45, 7) is 3.08. The second-order valence-corrected chi connectivity index (χ2v) is 14.0. The summed E-state index contributed by atoms with van der Waals surface area (Å²) in [5, 5.41) is 69.2. The predicted molar refractivity (Wildman–Crippen MR) is 203 cm³/mol. The first kappa shape index (κ1) is 53.1. The highest BCUT2D eigenvalue weighted by Crippen LogP contribution is 2.15. The van der Waals surface area contributed by atoms with Gasteiger partial charge in [0.2, 0.25) is 0 Å². The van der Waals surface area contributed by atoms with Crippen molar-refractivity contribution in [2.45, 2.75) is 231 Å². The molecule has 0 bridgehead atoms. The zero-order valence-corrected chi connectivity index (χ0v) is 32.3. The number of aliphatic carboxylic acids is 2. The maximum Gasteiger partial charge on any atom is 0.303 e. The Morgan fingerprint density at radius 2 is 0.540 bits per heavy atom. The fraction of sp³-hybridized carbons (Fsp3) is 0.950. The number of aliphatic hydroxyl groups is 6. The van der Waals surface area contributed by atoms with Gasteiger partial charge in [0.05, 0.1) is 13.2 Å². The molecule has 0 saturated heterocycles. The molecule has 0 aromatic heterocycles. The highest BCUT2D eigenvalue weighted by atomic mass is 16.4. The maximum absolute atomic E-state index is 10.3. The molecule has 8 N–H and O–H groups in total. The molecule has 0 aromatic rings. The lowest BCUT2D eigenvalue weighted by atomic mass is 10.0. The molecule has 0 heterocycles. The van der Waals surface area contributed by atoms with Crippen molar-refractivity contribution in [2.75, 3.05) is 13.2 Å². The first-order valence-electron chi connectivity index (χ1n) is 20.5. The lowest BCUT2D eigenvalue weighted by Gasteiger charge is -2.24. The van der Waals surface area contributed by atoms with Gasteiger partial charge in [0, 0.05) is 12.8 Å². The smallest absolute Gasteiger partial charge is 0.303 e. The van der Waals surface area contributed by atoms with Gasteiger partial charge in [-0.1, -0.05) is 181 Å². The van der Waals surface area contributed by atoms with Crippen LogP contribution in [0.4, 0.5) is 0 Å². The van der Waals surface area contributed by atoms with Crippen molar-refractivity contribution in [2.24, 2.45) is 0 Å². The van der Waals surface area contributed by atoms with Crippen LogP contribution in [0.3, 0.4) is 0 Å². The third kappa shape index (κ3) is 44.7. The van der Waals surface area contributed by atoms with Crippen LogP contribution >= 0.6 is 0 Å². The SMILES string of the molecule is CCCCCCCCCCCCCCCC(=O)O.CCCCCCCCCCCCCCCCCC(=O)O.OCC(O)C(O)C(O)C(O)CO. The summed E-state index contributed by atoms with van der Waals surface area (Å²) in [6, 6.07) is 0. The highest BCUT2D eigenvalue weighted by Gasteiger charge is 2.29. The van der Waals surface area contributed by atoms with Crippen LogP contribution in [0.2, 0.25) is 0 Å². The van der Waals surface area contributed by atoms with Crippen LogP contribution in [0.15, 0.2) is 0 Å². The average molecular weight is 723 g/mol. The fourth-order valence-electron chi connectivity index (χ4n) is 5.61. The lowest BCUT2D eigenvalue weighted by molar-refractivity contribution is -0.138. The summed E-state index contributed by atoms with van der Waals surface area (Å²) in [4.78, 5) is 20.6. The molecule has 4 unspecified atom stereocenters. The number of rotatable bonds is 35. The molecular formula is C40H82O10. The van der Waals surface area contributed by atoms with Crippen LogP contribution in [-0.2, 0) is 9.59 Å². The minimum absolute atomic E-state index is 0.345. The Morgan fingerprint density at radius 3 is 0.700 bits per heavy atom. The number of carboxylic acids is 2. The largest absolute Gasteiger partial charge is 0.481 e. The van der Waals surface area contributed by atoms with Gasteiger partial charge in [-0.15, -0.1) is 0 Å². The maximum atomic E-state index is 10.3. The van der Waals surface area contributed by atoms with E-state index >= 15 is 0 Å². The van der Waals surface area contributed by atoms with Gasteiger partial charge in [-0.05, 0) is 12.8 Å². The Bertz CT molecular complexity index is 665. The van der Waals surface area contributed by atoms with E-state index in [4.69, 9.17) is 40.9 Å². The van der Waals surface area contributed by atoms with Gasteiger partial charge in [0.25, 0.3) is 0 Å². The quantitative estimate of drug-likeness (QED) is 0.0295.